The topological polar surface area (TPSA) is 23.8 Å². The summed E-state index contributed by atoms with van der Waals surface area (Å²) in [6.45, 7) is 0. The van der Waals surface area contributed by atoms with Crippen molar-refractivity contribution in [2.75, 3.05) is 0 Å². The van der Waals surface area contributed by atoms with Crippen LogP contribution in [0.1, 0.15) is 0 Å². The zero-order chi connectivity index (χ0) is 5.11. The molecule has 0 saturated heterocycles. The van der Waals surface area contributed by atoms with E-state index in [1.807, 2.05) is 22.9 Å². The molecule has 0 aliphatic carbocycles. The van der Waals surface area contributed by atoms with Crippen LogP contribution in [0.2, 0.25) is 0 Å². The summed E-state index contributed by atoms with van der Waals surface area (Å²) in [4.78, 5) is 0. The number of rotatable bonds is 0. The van der Waals surface area contributed by atoms with Crippen molar-refractivity contribution in [3.8, 4) is 5.40 Å². The maximum atomic E-state index is 8.23. The first-order chi connectivity index (χ1) is 3.43. The Hall–Kier alpha value is -0.810. The molecule has 0 amide bonds. The van der Waals surface area contributed by atoms with Crippen LogP contribution in [0.15, 0.2) is 22.9 Å². The lowest BCUT2D eigenvalue weighted by Crippen LogP contribution is -1.36. The number of nitriles is 1. The fraction of sp³-hybridized carbons (Fsp3) is 0. The van der Waals surface area contributed by atoms with Gasteiger partial charge in [-0.05, 0) is 12.1 Å². The molecule has 0 saturated carbocycles. The van der Waals surface area contributed by atoms with Crippen molar-refractivity contribution < 1.29 is 0 Å². The van der Waals surface area contributed by atoms with Gasteiger partial charge in [0.05, 0.1) is 10.5 Å². The molecule has 1 heterocycles. The molecule has 34 valence electrons. The van der Waals surface area contributed by atoms with Gasteiger partial charge >= 0.3 is 5.40 Å². The highest BCUT2D eigenvalue weighted by Crippen LogP contribution is 2.11. The maximum absolute atomic E-state index is 8.23. The monoisotopic (exact) mass is 110 g/mol. The lowest BCUT2D eigenvalue weighted by Gasteiger charge is -1.50. The van der Waals surface area contributed by atoms with Gasteiger partial charge in [0, 0.05) is 0 Å². The lowest BCUT2D eigenvalue weighted by molar-refractivity contribution is 1.57. The third-order valence-electron chi connectivity index (χ3n) is 0.667. The summed E-state index contributed by atoms with van der Waals surface area (Å²) in [6, 6.07) is 3.79. The number of hydrogen-bond donors (Lipinski definition) is 0. The van der Waals surface area contributed by atoms with E-state index in [1.165, 1.54) is 0 Å². The summed E-state index contributed by atoms with van der Waals surface area (Å²) in [7, 11) is -0.190. The van der Waals surface area contributed by atoms with Gasteiger partial charge < -0.3 is 0 Å². The molecule has 0 spiro atoms. The SMILES string of the molecule is N#C[s+]1cccc1. The van der Waals surface area contributed by atoms with Gasteiger partial charge in [-0.1, -0.05) is 0 Å². The Balaban J connectivity index is 3.04. The van der Waals surface area contributed by atoms with E-state index in [9.17, 15) is 0 Å². The number of nitrogens with zero attached hydrogens (tertiary/aromatic N) is 1. The average Bonchev–Trinajstić information content (AvgIpc) is 2.14. The van der Waals surface area contributed by atoms with Crippen LogP contribution in [-0.2, 0) is 0 Å². The van der Waals surface area contributed by atoms with Crippen molar-refractivity contribution in [1.29, 1.82) is 5.26 Å². The minimum Gasteiger partial charge on any atom is -0.130 e. The van der Waals surface area contributed by atoms with Crippen molar-refractivity contribution in [2.45, 2.75) is 0 Å². The largest absolute Gasteiger partial charge is 0.349 e. The van der Waals surface area contributed by atoms with Crippen LogP contribution in [0.5, 0.6) is 0 Å². The molecule has 1 aromatic heterocycles. The molecule has 0 aromatic carbocycles. The first kappa shape index (κ1) is 4.35. The quantitative estimate of drug-likeness (QED) is 0.467. The Morgan fingerprint density at radius 2 is 1.86 bits per heavy atom. The fourth-order valence-corrected chi connectivity index (χ4v) is 1.10. The van der Waals surface area contributed by atoms with E-state index in [2.05, 4.69) is 5.40 Å². The summed E-state index contributed by atoms with van der Waals surface area (Å²) in [5.74, 6) is 0. The van der Waals surface area contributed by atoms with Crippen molar-refractivity contribution >= 4 is 10.5 Å². The molecule has 1 rings (SSSR count). The van der Waals surface area contributed by atoms with Gasteiger partial charge in [0.1, 0.15) is 0 Å². The summed E-state index contributed by atoms with van der Waals surface area (Å²) in [6.07, 6.45) is 0. The average molecular weight is 110 g/mol. The van der Waals surface area contributed by atoms with E-state index < -0.39 is 0 Å². The number of thiophene rings is 1. The predicted octanol–water partition coefficient (Wildman–Crippen LogP) is 1.76. The summed E-state index contributed by atoms with van der Waals surface area (Å²) >= 11 is 0. The summed E-state index contributed by atoms with van der Waals surface area (Å²) in [5, 5.41) is 14.1. The zero-order valence-corrected chi connectivity index (χ0v) is 4.48. The Labute approximate surface area is 44.8 Å². The third-order valence-corrected chi connectivity index (χ3v) is 1.78. The first-order valence-electron chi connectivity index (χ1n) is 1.90. The standard InChI is InChI=1S/C5H4NS/c6-5-7-3-1-2-4-7/h1-4H/q+1. The lowest BCUT2D eigenvalue weighted by atomic mass is 10.7. The Bertz CT molecular complexity index is 170. The molecule has 0 aliphatic heterocycles. The van der Waals surface area contributed by atoms with Gasteiger partial charge in [-0.25, -0.2) is 0 Å². The molecule has 0 N–H and O–H groups in total. The fourth-order valence-electron chi connectivity index (χ4n) is 0.366. The van der Waals surface area contributed by atoms with Crippen molar-refractivity contribution in [3.63, 3.8) is 0 Å². The second-order valence-electron chi connectivity index (χ2n) is 1.12. The Morgan fingerprint density at radius 3 is 2.14 bits per heavy atom. The second kappa shape index (κ2) is 1.76. The Morgan fingerprint density at radius 1 is 1.29 bits per heavy atom. The first-order valence-corrected chi connectivity index (χ1v) is 3.25. The third kappa shape index (κ3) is 0.787. The summed E-state index contributed by atoms with van der Waals surface area (Å²) in [5.41, 5.74) is 0. The molecule has 7 heavy (non-hydrogen) atoms. The predicted molar refractivity (Wildman–Crippen MR) is 29.9 cm³/mol. The molecular formula is C5H4NS+. The van der Waals surface area contributed by atoms with Gasteiger partial charge in [0.2, 0.25) is 0 Å². The molecule has 0 aliphatic rings. The highest BCUT2D eigenvalue weighted by atomic mass is 32.2. The maximum Gasteiger partial charge on any atom is 0.349 e. The molecule has 1 aromatic rings. The van der Waals surface area contributed by atoms with E-state index in [0.717, 1.165) is 0 Å². The zero-order valence-electron chi connectivity index (χ0n) is 3.66. The van der Waals surface area contributed by atoms with E-state index >= 15 is 0 Å². The smallest absolute Gasteiger partial charge is 0.130 e. The van der Waals surface area contributed by atoms with E-state index in [0.29, 0.717) is 0 Å². The molecule has 0 bridgehead atoms. The van der Waals surface area contributed by atoms with Crippen LogP contribution in [0.3, 0.4) is 0 Å². The molecular weight excluding hydrogens is 106 g/mol. The van der Waals surface area contributed by atoms with Crippen LogP contribution in [0.4, 0.5) is 0 Å². The second-order valence-corrected chi connectivity index (χ2v) is 2.59. The molecule has 1 nitrogen and oxygen atoms in total. The highest BCUT2D eigenvalue weighted by Gasteiger charge is 1.93. The highest BCUT2D eigenvalue weighted by molar-refractivity contribution is 7.34. The molecule has 0 radical (unpaired) electrons. The van der Waals surface area contributed by atoms with E-state index in [-0.39, 0.29) is 10.5 Å². The van der Waals surface area contributed by atoms with Gasteiger partial charge in [-0.2, -0.15) is 0 Å². The molecule has 0 atom stereocenters. The molecule has 0 fully saturated rings. The van der Waals surface area contributed by atoms with E-state index in [4.69, 9.17) is 5.26 Å². The number of hydrogen-bond acceptors (Lipinski definition) is 1. The van der Waals surface area contributed by atoms with Crippen molar-refractivity contribution in [2.24, 2.45) is 0 Å². The summed E-state index contributed by atoms with van der Waals surface area (Å²) < 4.78 is 0. The van der Waals surface area contributed by atoms with Crippen LogP contribution in [0.25, 0.3) is 0 Å². The van der Waals surface area contributed by atoms with Crippen LogP contribution in [0, 0.1) is 10.7 Å². The van der Waals surface area contributed by atoms with Gasteiger partial charge in [0.25, 0.3) is 0 Å². The normalized spacial score (nSPS) is 7.86. The Kier molecular flexibility index (Phi) is 1.10. The van der Waals surface area contributed by atoms with Gasteiger partial charge in [0.15, 0.2) is 10.8 Å². The minimum absolute atomic E-state index is 0.190. The van der Waals surface area contributed by atoms with Crippen LogP contribution >= 0.6 is 10.5 Å². The van der Waals surface area contributed by atoms with Gasteiger partial charge in [-0.15, -0.1) is 5.26 Å². The molecule has 2 heteroatoms. The van der Waals surface area contributed by atoms with Crippen molar-refractivity contribution in [1.82, 2.24) is 0 Å². The van der Waals surface area contributed by atoms with Crippen LogP contribution in [-0.4, -0.2) is 0 Å². The van der Waals surface area contributed by atoms with E-state index in [1.54, 1.807) is 0 Å². The van der Waals surface area contributed by atoms with Crippen LogP contribution < -0.4 is 0 Å². The minimum atomic E-state index is -0.190. The van der Waals surface area contributed by atoms with Gasteiger partial charge in [-0.3, -0.25) is 0 Å². The van der Waals surface area contributed by atoms with Crippen molar-refractivity contribution in [3.05, 3.63) is 22.9 Å². The molecule has 0 unspecified atom stereocenters.